The van der Waals surface area contributed by atoms with Crippen LogP contribution >= 0.6 is 0 Å². The van der Waals surface area contributed by atoms with Crippen LogP contribution in [0.25, 0.3) is 0 Å². The zero-order chi connectivity index (χ0) is 14.9. The van der Waals surface area contributed by atoms with Gasteiger partial charge in [-0.15, -0.1) is 0 Å². The quantitative estimate of drug-likeness (QED) is 0.844. The SMILES string of the molecule is C[C@@H]1C[C@@H](C)CN(S(=O)(=O)N2CCC[C@H](C(=O)O)C2)C1. The van der Waals surface area contributed by atoms with Crippen molar-refractivity contribution in [1.29, 1.82) is 0 Å². The Balaban J connectivity index is 2.11. The van der Waals surface area contributed by atoms with Crippen molar-refractivity contribution < 1.29 is 18.3 Å². The largest absolute Gasteiger partial charge is 0.481 e. The van der Waals surface area contributed by atoms with Crippen molar-refractivity contribution in [3.05, 3.63) is 0 Å². The molecule has 2 saturated heterocycles. The van der Waals surface area contributed by atoms with Crippen LogP contribution < -0.4 is 0 Å². The number of hydrogen-bond donors (Lipinski definition) is 1. The molecule has 6 nitrogen and oxygen atoms in total. The molecule has 0 aliphatic carbocycles. The lowest BCUT2D eigenvalue weighted by molar-refractivity contribution is -0.142. The number of rotatable bonds is 3. The molecule has 2 heterocycles. The van der Waals surface area contributed by atoms with E-state index < -0.39 is 22.1 Å². The molecular formula is C13H24N2O4S. The molecule has 3 atom stereocenters. The van der Waals surface area contributed by atoms with E-state index >= 15 is 0 Å². The van der Waals surface area contributed by atoms with Gasteiger partial charge in [0.25, 0.3) is 10.2 Å². The van der Waals surface area contributed by atoms with E-state index in [1.165, 1.54) is 8.61 Å². The minimum atomic E-state index is -3.51. The zero-order valence-electron chi connectivity index (χ0n) is 12.2. The van der Waals surface area contributed by atoms with Gasteiger partial charge in [-0.25, -0.2) is 0 Å². The van der Waals surface area contributed by atoms with E-state index in [4.69, 9.17) is 5.11 Å². The van der Waals surface area contributed by atoms with Crippen LogP contribution in [0.4, 0.5) is 0 Å². The lowest BCUT2D eigenvalue weighted by Gasteiger charge is -2.39. The summed E-state index contributed by atoms with van der Waals surface area (Å²) in [5.41, 5.74) is 0. The summed E-state index contributed by atoms with van der Waals surface area (Å²) in [4.78, 5) is 11.1. The molecule has 20 heavy (non-hydrogen) atoms. The minimum Gasteiger partial charge on any atom is -0.481 e. The molecule has 0 unspecified atom stereocenters. The Kier molecular flexibility index (Phi) is 4.71. The van der Waals surface area contributed by atoms with Gasteiger partial charge in [-0.1, -0.05) is 13.8 Å². The molecule has 0 aromatic carbocycles. The van der Waals surface area contributed by atoms with Crippen molar-refractivity contribution in [2.75, 3.05) is 26.2 Å². The summed E-state index contributed by atoms with van der Waals surface area (Å²) in [6.45, 7) is 5.76. The highest BCUT2D eigenvalue weighted by Crippen LogP contribution is 2.27. The van der Waals surface area contributed by atoms with Gasteiger partial charge in [0.15, 0.2) is 0 Å². The van der Waals surface area contributed by atoms with E-state index in [0.717, 1.165) is 6.42 Å². The number of hydrogen-bond acceptors (Lipinski definition) is 3. The summed E-state index contributed by atoms with van der Waals surface area (Å²) in [5.74, 6) is -0.759. The highest BCUT2D eigenvalue weighted by atomic mass is 32.2. The van der Waals surface area contributed by atoms with Crippen LogP contribution in [0.5, 0.6) is 0 Å². The van der Waals surface area contributed by atoms with Crippen molar-refractivity contribution in [2.45, 2.75) is 33.1 Å². The molecule has 0 aromatic rings. The fourth-order valence-corrected chi connectivity index (χ4v) is 5.25. The van der Waals surface area contributed by atoms with Crippen molar-refractivity contribution in [1.82, 2.24) is 8.61 Å². The van der Waals surface area contributed by atoms with E-state index in [-0.39, 0.29) is 6.54 Å². The summed E-state index contributed by atoms with van der Waals surface area (Å²) in [6, 6.07) is 0. The third-order valence-electron chi connectivity index (χ3n) is 4.22. The number of aliphatic carboxylic acids is 1. The third kappa shape index (κ3) is 3.32. The summed E-state index contributed by atoms with van der Waals surface area (Å²) >= 11 is 0. The smallest absolute Gasteiger partial charge is 0.307 e. The Labute approximate surface area is 120 Å². The summed E-state index contributed by atoms with van der Waals surface area (Å²) in [6.07, 6.45) is 2.23. The molecule has 2 aliphatic rings. The van der Waals surface area contributed by atoms with Gasteiger partial charge in [-0.05, 0) is 31.1 Å². The first-order valence-corrected chi connectivity index (χ1v) is 8.68. The minimum absolute atomic E-state index is 0.108. The molecule has 0 amide bonds. The maximum absolute atomic E-state index is 12.7. The summed E-state index contributed by atoms with van der Waals surface area (Å²) < 4.78 is 28.2. The molecule has 2 fully saturated rings. The van der Waals surface area contributed by atoms with E-state index in [1.54, 1.807) is 0 Å². The molecule has 0 radical (unpaired) electrons. The molecule has 0 spiro atoms. The van der Waals surface area contributed by atoms with Gasteiger partial charge >= 0.3 is 5.97 Å². The number of carbonyl (C=O) groups is 1. The van der Waals surface area contributed by atoms with E-state index in [9.17, 15) is 13.2 Å². The second-order valence-electron chi connectivity index (χ2n) is 6.31. The number of carboxylic acids is 1. The van der Waals surface area contributed by atoms with Crippen LogP contribution in [0, 0.1) is 17.8 Å². The van der Waals surface area contributed by atoms with Crippen LogP contribution in [-0.4, -0.2) is 54.3 Å². The number of carboxylic acid groups (broad SMARTS) is 1. The van der Waals surface area contributed by atoms with Gasteiger partial charge in [-0.3, -0.25) is 4.79 Å². The highest BCUT2D eigenvalue weighted by molar-refractivity contribution is 7.86. The average Bonchev–Trinajstić information content (AvgIpc) is 2.37. The van der Waals surface area contributed by atoms with Crippen LogP contribution in [0.3, 0.4) is 0 Å². The topological polar surface area (TPSA) is 77.9 Å². The Morgan fingerprint density at radius 3 is 2.25 bits per heavy atom. The predicted octanol–water partition coefficient (Wildman–Crippen LogP) is 1.01. The molecule has 0 saturated carbocycles. The summed E-state index contributed by atoms with van der Waals surface area (Å²) in [7, 11) is -3.51. The molecule has 1 N–H and O–H groups in total. The van der Waals surface area contributed by atoms with Gasteiger partial charge in [0.2, 0.25) is 0 Å². The lowest BCUT2D eigenvalue weighted by Crippen LogP contribution is -2.52. The molecule has 2 rings (SSSR count). The second kappa shape index (κ2) is 5.99. The van der Waals surface area contributed by atoms with Gasteiger partial charge in [0, 0.05) is 26.2 Å². The first kappa shape index (κ1) is 15.7. The maximum Gasteiger partial charge on any atom is 0.307 e. The van der Waals surface area contributed by atoms with E-state index in [1.807, 2.05) is 0 Å². The monoisotopic (exact) mass is 304 g/mol. The third-order valence-corrected chi connectivity index (χ3v) is 6.16. The normalized spacial score (nSPS) is 34.0. The van der Waals surface area contributed by atoms with Gasteiger partial charge in [0.05, 0.1) is 5.92 Å². The molecule has 7 heteroatoms. The Hall–Kier alpha value is -0.660. The van der Waals surface area contributed by atoms with E-state index in [2.05, 4.69) is 13.8 Å². The van der Waals surface area contributed by atoms with Crippen LogP contribution in [0.15, 0.2) is 0 Å². The maximum atomic E-state index is 12.7. The van der Waals surface area contributed by atoms with Crippen LogP contribution in [0.1, 0.15) is 33.1 Å². The average molecular weight is 304 g/mol. The number of nitrogens with zero attached hydrogens (tertiary/aromatic N) is 2. The molecule has 116 valence electrons. The standard InChI is InChI=1S/C13H24N2O4S/c1-10-6-11(2)8-15(7-10)20(18,19)14-5-3-4-12(9-14)13(16)17/h10-12H,3-9H2,1-2H3,(H,16,17)/t10-,11-,12+/m1/s1. The Bertz CT molecular complexity index is 455. The van der Waals surface area contributed by atoms with Crippen molar-refractivity contribution in [3.63, 3.8) is 0 Å². The Morgan fingerprint density at radius 2 is 1.70 bits per heavy atom. The molecule has 2 aliphatic heterocycles. The molecule has 0 aromatic heterocycles. The number of piperidine rings is 2. The van der Waals surface area contributed by atoms with Crippen molar-refractivity contribution in [3.8, 4) is 0 Å². The van der Waals surface area contributed by atoms with Crippen LogP contribution in [0.2, 0.25) is 0 Å². The van der Waals surface area contributed by atoms with E-state index in [0.29, 0.717) is 44.3 Å². The lowest BCUT2D eigenvalue weighted by atomic mass is 9.94. The van der Waals surface area contributed by atoms with Crippen molar-refractivity contribution in [2.24, 2.45) is 17.8 Å². The predicted molar refractivity (Wildman–Crippen MR) is 75.4 cm³/mol. The fourth-order valence-electron chi connectivity index (χ4n) is 3.31. The van der Waals surface area contributed by atoms with Gasteiger partial charge < -0.3 is 5.11 Å². The summed E-state index contributed by atoms with van der Waals surface area (Å²) in [5, 5.41) is 9.08. The molecular weight excluding hydrogens is 280 g/mol. The first-order chi connectivity index (χ1) is 9.30. The fraction of sp³-hybridized carbons (Fsp3) is 0.923. The van der Waals surface area contributed by atoms with Gasteiger partial charge in [-0.2, -0.15) is 17.0 Å². The highest BCUT2D eigenvalue weighted by Gasteiger charge is 2.38. The van der Waals surface area contributed by atoms with Crippen LogP contribution in [-0.2, 0) is 15.0 Å². The first-order valence-electron chi connectivity index (χ1n) is 7.28. The Morgan fingerprint density at radius 1 is 1.10 bits per heavy atom. The van der Waals surface area contributed by atoms with Gasteiger partial charge in [0.1, 0.15) is 0 Å². The second-order valence-corrected chi connectivity index (χ2v) is 8.23. The zero-order valence-corrected chi connectivity index (χ0v) is 13.0. The van der Waals surface area contributed by atoms with Crippen molar-refractivity contribution >= 4 is 16.2 Å². The molecule has 0 bridgehead atoms.